The number of aryl methyl sites for hydroxylation is 1. The highest BCUT2D eigenvalue weighted by molar-refractivity contribution is 7.11. The zero-order valence-electron chi connectivity index (χ0n) is 11.0. The molecule has 0 saturated carbocycles. The van der Waals surface area contributed by atoms with E-state index in [9.17, 15) is 9.50 Å². The number of hydrogen-bond donors (Lipinski definition) is 1. The second-order valence-corrected chi connectivity index (χ2v) is 5.90. The lowest BCUT2D eigenvalue weighted by molar-refractivity contribution is 0.121. The van der Waals surface area contributed by atoms with Crippen LogP contribution >= 0.6 is 11.3 Å². The lowest BCUT2D eigenvalue weighted by Crippen LogP contribution is -2.24. The maximum Gasteiger partial charge on any atom is 0.129 e. The van der Waals surface area contributed by atoms with Crippen LogP contribution in [0.4, 0.5) is 4.39 Å². The Morgan fingerprint density at radius 1 is 1.42 bits per heavy atom. The summed E-state index contributed by atoms with van der Waals surface area (Å²) in [5.74, 6) is -0.364. The van der Waals surface area contributed by atoms with Gasteiger partial charge in [0.1, 0.15) is 5.82 Å². The van der Waals surface area contributed by atoms with E-state index >= 15 is 0 Å². The number of thiazole rings is 1. The second kappa shape index (κ2) is 6.23. The molecule has 0 fully saturated rings. The van der Waals surface area contributed by atoms with Crippen LogP contribution in [0.15, 0.2) is 30.5 Å². The smallest absolute Gasteiger partial charge is 0.129 e. The number of rotatable bonds is 5. The number of halogens is 1. The third-order valence-corrected chi connectivity index (χ3v) is 3.74. The molecule has 2 rings (SSSR count). The summed E-state index contributed by atoms with van der Waals surface area (Å²) in [4.78, 5) is 7.29. The average Bonchev–Trinajstić information content (AvgIpc) is 2.74. The van der Waals surface area contributed by atoms with E-state index < -0.39 is 6.10 Å². The van der Waals surface area contributed by atoms with Gasteiger partial charge in [-0.1, -0.05) is 18.2 Å². The highest BCUT2D eigenvalue weighted by Crippen LogP contribution is 2.19. The van der Waals surface area contributed by atoms with Crippen molar-refractivity contribution in [2.45, 2.75) is 19.6 Å². The van der Waals surface area contributed by atoms with Crippen molar-refractivity contribution in [3.63, 3.8) is 0 Å². The molecule has 1 heterocycles. The summed E-state index contributed by atoms with van der Waals surface area (Å²) in [5, 5.41) is 11.1. The molecular weight excluding hydrogens is 263 g/mol. The molecule has 1 atom stereocenters. The van der Waals surface area contributed by atoms with Crippen LogP contribution in [-0.4, -0.2) is 28.6 Å². The number of benzene rings is 1. The van der Waals surface area contributed by atoms with E-state index in [1.807, 2.05) is 25.1 Å². The third-order valence-electron chi connectivity index (χ3n) is 2.84. The second-order valence-electron chi connectivity index (χ2n) is 4.58. The van der Waals surface area contributed by atoms with Gasteiger partial charge >= 0.3 is 0 Å². The van der Waals surface area contributed by atoms with Gasteiger partial charge in [-0.15, -0.1) is 11.3 Å². The first-order valence-electron chi connectivity index (χ1n) is 6.08. The van der Waals surface area contributed by atoms with Crippen molar-refractivity contribution >= 4 is 11.3 Å². The lowest BCUT2D eigenvalue weighted by atomic mass is 10.1. The van der Waals surface area contributed by atoms with Gasteiger partial charge in [0.25, 0.3) is 0 Å². The third kappa shape index (κ3) is 3.83. The zero-order valence-corrected chi connectivity index (χ0v) is 11.8. The number of likely N-dealkylation sites (N-methyl/N-ethyl adjacent to an activating group) is 1. The summed E-state index contributed by atoms with van der Waals surface area (Å²) < 4.78 is 13.5. The van der Waals surface area contributed by atoms with Crippen LogP contribution in [0, 0.1) is 12.7 Å². The van der Waals surface area contributed by atoms with Crippen molar-refractivity contribution in [1.82, 2.24) is 9.88 Å². The standard InChI is InChI=1S/C14H17FN2OS/c1-10-16-7-11(19-10)8-17(2)9-14(18)12-5-3-4-6-13(12)15/h3-7,14,18H,8-9H2,1-2H3/t14-/m1/s1. The van der Waals surface area contributed by atoms with Gasteiger partial charge in [-0.2, -0.15) is 0 Å². The van der Waals surface area contributed by atoms with Crippen molar-refractivity contribution < 1.29 is 9.50 Å². The van der Waals surface area contributed by atoms with Gasteiger partial charge in [0.2, 0.25) is 0 Å². The van der Waals surface area contributed by atoms with Crippen molar-refractivity contribution in [1.29, 1.82) is 0 Å². The van der Waals surface area contributed by atoms with E-state index in [2.05, 4.69) is 4.98 Å². The summed E-state index contributed by atoms with van der Waals surface area (Å²) in [7, 11) is 1.90. The Morgan fingerprint density at radius 3 is 2.79 bits per heavy atom. The molecule has 0 aliphatic heterocycles. The minimum absolute atomic E-state index is 0.342. The van der Waals surface area contributed by atoms with Crippen LogP contribution in [0.3, 0.4) is 0 Å². The van der Waals surface area contributed by atoms with Gasteiger partial charge in [0, 0.05) is 29.7 Å². The Hall–Kier alpha value is -1.30. The minimum atomic E-state index is -0.819. The quantitative estimate of drug-likeness (QED) is 0.915. The van der Waals surface area contributed by atoms with Crippen LogP contribution in [0.2, 0.25) is 0 Å². The molecule has 19 heavy (non-hydrogen) atoms. The molecule has 0 unspecified atom stereocenters. The fourth-order valence-corrected chi connectivity index (χ4v) is 2.82. The van der Waals surface area contributed by atoms with Gasteiger partial charge in [0.15, 0.2) is 0 Å². The molecule has 0 aliphatic rings. The van der Waals surface area contributed by atoms with Crippen molar-refractivity contribution in [3.05, 3.63) is 51.7 Å². The maximum atomic E-state index is 13.5. The number of aliphatic hydroxyl groups is 1. The molecule has 0 radical (unpaired) electrons. The Labute approximate surface area is 116 Å². The molecule has 1 N–H and O–H groups in total. The number of nitrogens with zero attached hydrogens (tertiary/aromatic N) is 2. The monoisotopic (exact) mass is 280 g/mol. The number of aromatic nitrogens is 1. The van der Waals surface area contributed by atoms with E-state index in [0.29, 0.717) is 18.7 Å². The Bertz CT molecular complexity index is 544. The van der Waals surface area contributed by atoms with E-state index in [1.54, 1.807) is 29.5 Å². The molecule has 0 amide bonds. The van der Waals surface area contributed by atoms with Gasteiger partial charge in [0.05, 0.1) is 11.1 Å². The molecule has 2 aromatic rings. The molecule has 1 aromatic heterocycles. The van der Waals surface area contributed by atoms with Crippen LogP contribution in [-0.2, 0) is 6.54 Å². The predicted octanol–water partition coefficient (Wildman–Crippen LogP) is 2.76. The Kier molecular flexibility index (Phi) is 4.63. The highest BCUT2D eigenvalue weighted by Gasteiger charge is 2.15. The SMILES string of the molecule is Cc1ncc(CN(C)C[C@@H](O)c2ccccc2F)s1. The van der Waals surface area contributed by atoms with E-state index in [4.69, 9.17) is 0 Å². The van der Waals surface area contributed by atoms with Crippen LogP contribution < -0.4 is 0 Å². The predicted molar refractivity (Wildman–Crippen MR) is 74.5 cm³/mol. The lowest BCUT2D eigenvalue weighted by Gasteiger charge is -2.20. The number of hydrogen-bond acceptors (Lipinski definition) is 4. The average molecular weight is 280 g/mol. The summed E-state index contributed by atoms with van der Waals surface area (Å²) >= 11 is 1.63. The normalized spacial score (nSPS) is 12.9. The Morgan fingerprint density at radius 2 is 2.16 bits per heavy atom. The van der Waals surface area contributed by atoms with Gasteiger partial charge < -0.3 is 5.11 Å². The molecule has 0 aliphatic carbocycles. The largest absolute Gasteiger partial charge is 0.387 e. The first-order chi connectivity index (χ1) is 9.06. The van der Waals surface area contributed by atoms with E-state index in [1.165, 1.54) is 6.07 Å². The van der Waals surface area contributed by atoms with Crippen LogP contribution in [0.5, 0.6) is 0 Å². The van der Waals surface area contributed by atoms with Gasteiger partial charge in [-0.05, 0) is 20.0 Å². The molecule has 102 valence electrons. The molecule has 5 heteroatoms. The first kappa shape index (κ1) is 14.1. The molecule has 0 bridgehead atoms. The summed E-state index contributed by atoms with van der Waals surface area (Å²) in [6.45, 7) is 3.05. The van der Waals surface area contributed by atoms with Crippen LogP contribution in [0.25, 0.3) is 0 Å². The molecule has 0 spiro atoms. The number of aliphatic hydroxyl groups excluding tert-OH is 1. The fourth-order valence-electron chi connectivity index (χ4n) is 1.95. The summed E-state index contributed by atoms with van der Waals surface area (Å²) in [6, 6.07) is 6.33. The van der Waals surface area contributed by atoms with E-state index in [-0.39, 0.29) is 5.82 Å². The van der Waals surface area contributed by atoms with Crippen molar-refractivity contribution in [3.8, 4) is 0 Å². The van der Waals surface area contributed by atoms with Crippen LogP contribution in [0.1, 0.15) is 21.6 Å². The zero-order chi connectivity index (χ0) is 13.8. The molecule has 3 nitrogen and oxygen atoms in total. The molecule has 1 aromatic carbocycles. The molecular formula is C14H17FN2OS. The van der Waals surface area contributed by atoms with Crippen molar-refractivity contribution in [2.75, 3.05) is 13.6 Å². The Balaban J connectivity index is 1.95. The topological polar surface area (TPSA) is 36.4 Å². The molecule has 0 saturated heterocycles. The first-order valence-corrected chi connectivity index (χ1v) is 6.90. The van der Waals surface area contributed by atoms with Gasteiger partial charge in [-0.25, -0.2) is 9.37 Å². The van der Waals surface area contributed by atoms with Crippen molar-refractivity contribution in [2.24, 2.45) is 0 Å². The minimum Gasteiger partial charge on any atom is -0.387 e. The fraction of sp³-hybridized carbons (Fsp3) is 0.357. The van der Waals surface area contributed by atoms with Gasteiger partial charge in [-0.3, -0.25) is 4.90 Å². The summed E-state index contributed by atoms with van der Waals surface area (Å²) in [5.41, 5.74) is 0.342. The highest BCUT2D eigenvalue weighted by atomic mass is 32.1. The summed E-state index contributed by atoms with van der Waals surface area (Å²) in [6.07, 6.45) is 1.02. The maximum absolute atomic E-state index is 13.5. The van der Waals surface area contributed by atoms with E-state index in [0.717, 1.165) is 9.88 Å².